The molecule has 0 atom stereocenters. The minimum atomic E-state index is 0.528. The summed E-state index contributed by atoms with van der Waals surface area (Å²) in [6, 6.07) is 8.82. The highest BCUT2D eigenvalue weighted by atomic mass is 79.9. The number of rotatable bonds is 5. The van der Waals surface area contributed by atoms with Crippen LogP contribution in [-0.2, 0) is 0 Å². The zero-order valence-corrected chi connectivity index (χ0v) is 15.6. The predicted octanol–water partition coefficient (Wildman–Crippen LogP) is 5.52. The third-order valence-corrected chi connectivity index (χ3v) is 5.82. The molecular formula is C19H23BrN4. The van der Waals surface area contributed by atoms with Crippen LogP contribution in [-0.4, -0.2) is 16.0 Å². The fraction of sp³-hybridized carbons (Fsp3) is 0.474. The summed E-state index contributed by atoms with van der Waals surface area (Å²) in [5.74, 6) is 2.27. The Kier molecular flexibility index (Phi) is 4.44. The molecule has 4 rings (SSSR count). The first-order valence-corrected chi connectivity index (χ1v) is 9.66. The zero-order valence-electron chi connectivity index (χ0n) is 14.0. The van der Waals surface area contributed by atoms with Gasteiger partial charge in [-0.25, -0.2) is 4.98 Å². The maximum atomic E-state index is 4.77. The number of anilines is 3. The summed E-state index contributed by atoms with van der Waals surface area (Å²) >= 11 is 3.59. The predicted molar refractivity (Wildman–Crippen MR) is 102 cm³/mol. The second-order valence-corrected chi connectivity index (χ2v) is 7.79. The molecular weight excluding hydrogens is 364 g/mol. The van der Waals surface area contributed by atoms with Gasteiger partial charge in [-0.05, 0) is 50.3 Å². The molecule has 2 aliphatic rings. The minimum Gasteiger partial charge on any atom is -0.351 e. The Hall–Kier alpha value is -1.62. The molecule has 1 aromatic carbocycles. The maximum absolute atomic E-state index is 4.77. The Morgan fingerprint density at radius 1 is 1.08 bits per heavy atom. The highest BCUT2D eigenvalue weighted by molar-refractivity contribution is 9.10. The normalized spacial score (nSPS) is 17.9. The quantitative estimate of drug-likeness (QED) is 0.709. The van der Waals surface area contributed by atoms with Gasteiger partial charge >= 0.3 is 0 Å². The van der Waals surface area contributed by atoms with E-state index in [-0.39, 0.29) is 0 Å². The number of nitrogens with zero attached hydrogens (tertiary/aromatic N) is 2. The zero-order chi connectivity index (χ0) is 16.5. The van der Waals surface area contributed by atoms with E-state index in [4.69, 9.17) is 9.97 Å². The third kappa shape index (κ3) is 3.56. The van der Waals surface area contributed by atoms with Gasteiger partial charge < -0.3 is 10.6 Å². The highest BCUT2D eigenvalue weighted by Crippen LogP contribution is 2.40. The van der Waals surface area contributed by atoms with E-state index in [1.807, 2.05) is 6.07 Å². The molecule has 0 spiro atoms. The van der Waals surface area contributed by atoms with Crippen molar-refractivity contribution in [1.82, 2.24) is 9.97 Å². The van der Waals surface area contributed by atoms with Crippen LogP contribution in [0, 0.1) is 6.92 Å². The van der Waals surface area contributed by atoms with Crippen molar-refractivity contribution in [2.75, 3.05) is 10.6 Å². The van der Waals surface area contributed by atoms with Gasteiger partial charge in [0, 0.05) is 28.2 Å². The number of halogens is 1. The van der Waals surface area contributed by atoms with Gasteiger partial charge in [-0.2, -0.15) is 4.98 Å². The molecule has 0 aliphatic heterocycles. The maximum Gasteiger partial charge on any atom is 0.225 e. The molecule has 5 heteroatoms. The molecule has 2 aliphatic carbocycles. The lowest BCUT2D eigenvalue weighted by atomic mass is 10.2. The molecule has 2 aromatic rings. The van der Waals surface area contributed by atoms with Crippen LogP contribution in [0.15, 0.2) is 28.7 Å². The van der Waals surface area contributed by atoms with Crippen LogP contribution in [0.2, 0.25) is 0 Å². The third-order valence-electron chi connectivity index (χ3n) is 4.96. The summed E-state index contributed by atoms with van der Waals surface area (Å²) in [5, 5.41) is 7.02. The fourth-order valence-electron chi connectivity index (χ4n) is 3.32. The molecule has 0 radical (unpaired) electrons. The second-order valence-electron chi connectivity index (χ2n) is 6.94. The van der Waals surface area contributed by atoms with Crippen LogP contribution in [0.4, 0.5) is 17.5 Å². The van der Waals surface area contributed by atoms with E-state index in [1.54, 1.807) is 0 Å². The number of aromatic nitrogens is 2. The number of hydrogen-bond donors (Lipinski definition) is 2. The molecule has 0 bridgehead atoms. The number of benzene rings is 1. The molecule has 2 saturated carbocycles. The SMILES string of the molecule is Cc1c(Br)cccc1Nc1cc(C2CC2)nc(NC2CCCC2)n1. The standard InChI is InChI=1S/C19H23BrN4/c1-12-15(20)7-4-8-16(12)22-18-11-17(13-9-10-13)23-19(24-18)21-14-5-2-3-6-14/h4,7-8,11,13-14H,2-3,5-6,9-10H2,1H3,(H2,21,22,23,24). The lowest BCUT2D eigenvalue weighted by Gasteiger charge is -2.15. The van der Waals surface area contributed by atoms with E-state index in [2.05, 4.69) is 51.7 Å². The van der Waals surface area contributed by atoms with Crippen molar-refractivity contribution >= 4 is 33.4 Å². The lowest BCUT2D eigenvalue weighted by molar-refractivity contribution is 0.742. The van der Waals surface area contributed by atoms with Crippen LogP contribution in [0.25, 0.3) is 0 Å². The largest absolute Gasteiger partial charge is 0.351 e. The van der Waals surface area contributed by atoms with E-state index in [9.17, 15) is 0 Å². The Morgan fingerprint density at radius 2 is 1.88 bits per heavy atom. The topological polar surface area (TPSA) is 49.8 Å². The Morgan fingerprint density at radius 3 is 2.62 bits per heavy atom. The van der Waals surface area contributed by atoms with Gasteiger partial charge in [-0.15, -0.1) is 0 Å². The van der Waals surface area contributed by atoms with Gasteiger partial charge in [0.05, 0.1) is 5.69 Å². The van der Waals surface area contributed by atoms with Crippen LogP contribution >= 0.6 is 15.9 Å². The molecule has 24 heavy (non-hydrogen) atoms. The molecule has 1 heterocycles. The van der Waals surface area contributed by atoms with E-state index in [0.717, 1.165) is 21.9 Å². The van der Waals surface area contributed by atoms with Gasteiger partial charge in [0.2, 0.25) is 5.95 Å². The van der Waals surface area contributed by atoms with Crippen molar-refractivity contribution in [3.8, 4) is 0 Å². The summed E-state index contributed by atoms with van der Waals surface area (Å²) in [7, 11) is 0. The average molecular weight is 387 g/mol. The Balaban J connectivity index is 1.61. The molecule has 1 aromatic heterocycles. The van der Waals surface area contributed by atoms with Crippen LogP contribution in [0.3, 0.4) is 0 Å². The van der Waals surface area contributed by atoms with Crippen LogP contribution in [0.5, 0.6) is 0 Å². The molecule has 0 saturated heterocycles. The first-order chi connectivity index (χ1) is 11.7. The van der Waals surface area contributed by atoms with E-state index < -0.39 is 0 Å². The van der Waals surface area contributed by atoms with Crippen molar-refractivity contribution < 1.29 is 0 Å². The van der Waals surface area contributed by atoms with Gasteiger partial charge in [-0.3, -0.25) is 0 Å². The first kappa shape index (κ1) is 15.9. The molecule has 2 fully saturated rings. The highest BCUT2D eigenvalue weighted by Gasteiger charge is 2.27. The number of hydrogen-bond acceptors (Lipinski definition) is 4. The fourth-order valence-corrected chi connectivity index (χ4v) is 3.68. The van der Waals surface area contributed by atoms with E-state index >= 15 is 0 Å². The summed E-state index contributed by atoms with van der Waals surface area (Å²) in [6.07, 6.45) is 7.56. The molecule has 126 valence electrons. The van der Waals surface area contributed by atoms with Gasteiger partial charge in [0.1, 0.15) is 5.82 Å². The first-order valence-electron chi connectivity index (χ1n) is 8.87. The smallest absolute Gasteiger partial charge is 0.225 e. The van der Waals surface area contributed by atoms with Crippen molar-refractivity contribution in [3.05, 3.63) is 40.0 Å². The Bertz CT molecular complexity index is 736. The van der Waals surface area contributed by atoms with E-state index in [1.165, 1.54) is 49.8 Å². The van der Waals surface area contributed by atoms with Crippen molar-refractivity contribution in [2.45, 2.75) is 57.4 Å². The minimum absolute atomic E-state index is 0.528. The molecule has 0 unspecified atom stereocenters. The summed E-state index contributed by atoms with van der Waals surface area (Å²) in [5.41, 5.74) is 3.44. The molecule has 4 nitrogen and oxygen atoms in total. The van der Waals surface area contributed by atoms with Gasteiger partial charge in [0.15, 0.2) is 0 Å². The Labute approximate surface area is 151 Å². The summed E-state index contributed by atoms with van der Waals surface area (Å²) in [6.45, 7) is 2.10. The van der Waals surface area contributed by atoms with Crippen LogP contribution in [0.1, 0.15) is 55.7 Å². The molecule has 0 amide bonds. The van der Waals surface area contributed by atoms with Gasteiger partial charge in [-0.1, -0.05) is 34.8 Å². The molecule has 2 N–H and O–H groups in total. The van der Waals surface area contributed by atoms with Crippen molar-refractivity contribution in [3.63, 3.8) is 0 Å². The monoisotopic (exact) mass is 386 g/mol. The van der Waals surface area contributed by atoms with E-state index in [0.29, 0.717) is 12.0 Å². The van der Waals surface area contributed by atoms with Gasteiger partial charge in [0.25, 0.3) is 0 Å². The summed E-state index contributed by atoms with van der Waals surface area (Å²) < 4.78 is 1.10. The van der Waals surface area contributed by atoms with Crippen molar-refractivity contribution in [1.29, 1.82) is 0 Å². The average Bonchev–Trinajstić information content (AvgIpc) is 3.30. The van der Waals surface area contributed by atoms with Crippen molar-refractivity contribution in [2.24, 2.45) is 0 Å². The van der Waals surface area contributed by atoms with Crippen LogP contribution < -0.4 is 10.6 Å². The second kappa shape index (κ2) is 6.71. The number of nitrogens with one attached hydrogen (secondary N) is 2. The lowest BCUT2D eigenvalue weighted by Crippen LogP contribution is -2.17. The summed E-state index contributed by atoms with van der Waals surface area (Å²) in [4.78, 5) is 9.49.